The largest absolute Gasteiger partial charge is 0.496 e. The van der Waals surface area contributed by atoms with Crippen LogP contribution < -0.4 is 10.1 Å². The summed E-state index contributed by atoms with van der Waals surface area (Å²) < 4.78 is 5.84. The molecule has 0 aliphatic rings. The molecule has 1 amide bonds. The van der Waals surface area contributed by atoms with E-state index in [2.05, 4.69) is 26.2 Å². The van der Waals surface area contributed by atoms with E-state index < -0.39 is 0 Å². The molecule has 2 rings (SSSR count). The zero-order valence-electron chi connectivity index (χ0n) is 10.6. The Morgan fingerprint density at radius 3 is 2.85 bits per heavy atom. The number of nitriles is 1. The Labute approximate surface area is 124 Å². The Kier molecular flexibility index (Phi) is 4.33. The van der Waals surface area contributed by atoms with Gasteiger partial charge in [0, 0.05) is 5.69 Å². The minimum absolute atomic E-state index is 0.191. The maximum absolute atomic E-state index is 12.0. The molecule has 1 aromatic carbocycles. The number of hydrogen-bond donors (Lipinski definition) is 1. The number of halogens is 1. The number of aromatic nitrogens is 1. The average molecular weight is 332 g/mol. The number of hydrogen-bond acceptors (Lipinski definition) is 4. The van der Waals surface area contributed by atoms with Crippen LogP contribution in [0.5, 0.6) is 5.75 Å². The van der Waals surface area contributed by atoms with Crippen LogP contribution in [-0.2, 0) is 0 Å². The lowest BCUT2D eigenvalue weighted by molar-refractivity contribution is 0.102. The van der Waals surface area contributed by atoms with Crippen LogP contribution in [0.1, 0.15) is 16.2 Å². The second-order valence-corrected chi connectivity index (χ2v) is 4.68. The van der Waals surface area contributed by atoms with Crippen molar-refractivity contribution < 1.29 is 9.53 Å². The second kappa shape index (κ2) is 6.17. The van der Waals surface area contributed by atoms with Gasteiger partial charge < -0.3 is 10.1 Å². The fourth-order valence-electron chi connectivity index (χ4n) is 1.56. The third-order valence-electron chi connectivity index (χ3n) is 2.51. The molecule has 0 radical (unpaired) electrons. The minimum Gasteiger partial charge on any atom is -0.496 e. The summed E-state index contributed by atoms with van der Waals surface area (Å²) in [6, 6.07) is 11.8. The van der Waals surface area contributed by atoms with Gasteiger partial charge >= 0.3 is 0 Å². The SMILES string of the molecule is COc1ccc(NC(=O)c2cccc(C#N)n2)cc1Br. The van der Waals surface area contributed by atoms with Gasteiger partial charge in [-0.3, -0.25) is 4.79 Å². The second-order valence-electron chi connectivity index (χ2n) is 3.82. The molecule has 2 aromatic rings. The van der Waals surface area contributed by atoms with E-state index in [0.29, 0.717) is 11.4 Å². The van der Waals surface area contributed by atoms with Crippen molar-refractivity contribution in [3.63, 3.8) is 0 Å². The first kappa shape index (κ1) is 14.0. The molecule has 0 aliphatic carbocycles. The number of pyridine rings is 1. The normalized spacial score (nSPS) is 9.65. The lowest BCUT2D eigenvalue weighted by Crippen LogP contribution is -2.14. The molecule has 0 fully saturated rings. The first-order chi connectivity index (χ1) is 9.63. The zero-order chi connectivity index (χ0) is 14.5. The van der Waals surface area contributed by atoms with E-state index in [9.17, 15) is 4.79 Å². The third-order valence-corrected chi connectivity index (χ3v) is 3.13. The van der Waals surface area contributed by atoms with Gasteiger partial charge in [0.05, 0.1) is 11.6 Å². The predicted molar refractivity (Wildman–Crippen MR) is 77.6 cm³/mol. The van der Waals surface area contributed by atoms with Crippen LogP contribution in [0.15, 0.2) is 40.9 Å². The van der Waals surface area contributed by atoms with Crippen LogP contribution in [0.25, 0.3) is 0 Å². The number of nitrogens with one attached hydrogen (secondary N) is 1. The number of carbonyl (C=O) groups excluding carboxylic acids is 1. The Morgan fingerprint density at radius 1 is 1.40 bits per heavy atom. The van der Waals surface area contributed by atoms with Crippen molar-refractivity contribution in [1.29, 1.82) is 5.26 Å². The van der Waals surface area contributed by atoms with Gasteiger partial charge in [0.1, 0.15) is 23.2 Å². The quantitative estimate of drug-likeness (QED) is 0.938. The first-order valence-electron chi connectivity index (χ1n) is 5.66. The van der Waals surface area contributed by atoms with Crippen LogP contribution >= 0.6 is 15.9 Å². The van der Waals surface area contributed by atoms with E-state index in [1.54, 1.807) is 43.5 Å². The van der Waals surface area contributed by atoms with Gasteiger partial charge in [-0.1, -0.05) is 6.07 Å². The summed E-state index contributed by atoms with van der Waals surface area (Å²) in [5.74, 6) is 0.298. The zero-order valence-corrected chi connectivity index (χ0v) is 12.1. The highest BCUT2D eigenvalue weighted by Gasteiger charge is 2.09. The number of rotatable bonds is 3. The number of anilines is 1. The summed E-state index contributed by atoms with van der Waals surface area (Å²) >= 11 is 3.34. The first-order valence-corrected chi connectivity index (χ1v) is 6.45. The molecule has 100 valence electrons. The van der Waals surface area contributed by atoms with Crippen molar-refractivity contribution in [3.05, 3.63) is 52.3 Å². The highest BCUT2D eigenvalue weighted by atomic mass is 79.9. The van der Waals surface area contributed by atoms with Crippen molar-refractivity contribution in [2.75, 3.05) is 12.4 Å². The van der Waals surface area contributed by atoms with E-state index in [1.165, 1.54) is 0 Å². The number of ether oxygens (including phenoxy) is 1. The van der Waals surface area contributed by atoms with Crippen molar-refractivity contribution in [2.24, 2.45) is 0 Å². The van der Waals surface area contributed by atoms with Gasteiger partial charge in [-0.05, 0) is 46.3 Å². The molecule has 0 atom stereocenters. The van der Waals surface area contributed by atoms with Crippen LogP contribution in [0, 0.1) is 11.3 Å². The summed E-state index contributed by atoms with van der Waals surface area (Å²) in [6.07, 6.45) is 0. The third kappa shape index (κ3) is 3.13. The maximum atomic E-state index is 12.0. The van der Waals surface area contributed by atoms with Crippen LogP contribution in [0.3, 0.4) is 0 Å². The summed E-state index contributed by atoms with van der Waals surface area (Å²) in [4.78, 5) is 16.0. The molecule has 0 saturated heterocycles. The van der Waals surface area contributed by atoms with E-state index >= 15 is 0 Å². The fourth-order valence-corrected chi connectivity index (χ4v) is 2.10. The smallest absolute Gasteiger partial charge is 0.274 e. The molecular weight excluding hydrogens is 322 g/mol. The highest BCUT2D eigenvalue weighted by Crippen LogP contribution is 2.27. The molecule has 6 heteroatoms. The van der Waals surface area contributed by atoms with E-state index in [4.69, 9.17) is 10.00 Å². The molecular formula is C14H10BrN3O2. The lowest BCUT2D eigenvalue weighted by Gasteiger charge is -2.08. The molecule has 0 bridgehead atoms. The van der Waals surface area contributed by atoms with Gasteiger partial charge in [0.2, 0.25) is 0 Å². The van der Waals surface area contributed by atoms with Gasteiger partial charge in [0.15, 0.2) is 0 Å². The van der Waals surface area contributed by atoms with E-state index in [0.717, 1.165) is 4.47 Å². The maximum Gasteiger partial charge on any atom is 0.274 e. The van der Waals surface area contributed by atoms with E-state index in [-0.39, 0.29) is 17.3 Å². The molecule has 5 nitrogen and oxygen atoms in total. The Balaban J connectivity index is 2.19. The number of nitrogens with zero attached hydrogens (tertiary/aromatic N) is 2. The van der Waals surface area contributed by atoms with Gasteiger partial charge in [0.25, 0.3) is 5.91 Å². The number of carbonyl (C=O) groups is 1. The summed E-state index contributed by atoms with van der Waals surface area (Å²) in [5.41, 5.74) is 0.997. The van der Waals surface area contributed by atoms with Gasteiger partial charge in [-0.15, -0.1) is 0 Å². The Morgan fingerprint density at radius 2 is 2.20 bits per heavy atom. The molecule has 1 aromatic heterocycles. The lowest BCUT2D eigenvalue weighted by atomic mass is 10.2. The van der Waals surface area contributed by atoms with Crippen LogP contribution in [0.2, 0.25) is 0 Å². The average Bonchev–Trinajstić information content (AvgIpc) is 2.47. The van der Waals surface area contributed by atoms with Crippen molar-refractivity contribution in [1.82, 2.24) is 4.98 Å². The van der Waals surface area contributed by atoms with Crippen molar-refractivity contribution in [3.8, 4) is 11.8 Å². The summed E-state index contributed by atoms with van der Waals surface area (Å²) in [7, 11) is 1.57. The molecule has 1 N–H and O–H groups in total. The topological polar surface area (TPSA) is 75.0 Å². The number of amides is 1. The van der Waals surface area contributed by atoms with Gasteiger partial charge in [-0.25, -0.2) is 4.98 Å². The van der Waals surface area contributed by atoms with Crippen molar-refractivity contribution in [2.45, 2.75) is 0 Å². The number of methoxy groups -OCH3 is 1. The molecule has 0 saturated carbocycles. The molecule has 0 aliphatic heterocycles. The summed E-state index contributed by atoms with van der Waals surface area (Å²) in [5, 5.41) is 11.5. The highest BCUT2D eigenvalue weighted by molar-refractivity contribution is 9.10. The number of benzene rings is 1. The Bertz CT molecular complexity index is 695. The minimum atomic E-state index is -0.376. The predicted octanol–water partition coefficient (Wildman–Crippen LogP) is 2.98. The molecule has 0 unspecified atom stereocenters. The molecule has 1 heterocycles. The van der Waals surface area contributed by atoms with Crippen molar-refractivity contribution >= 4 is 27.5 Å². The molecule has 20 heavy (non-hydrogen) atoms. The molecule has 0 spiro atoms. The standard InChI is InChI=1S/C14H10BrN3O2/c1-20-13-6-5-9(7-11(13)15)18-14(19)12-4-2-3-10(8-16)17-12/h2-7H,1H3,(H,18,19). The monoisotopic (exact) mass is 331 g/mol. The fraction of sp³-hybridized carbons (Fsp3) is 0.0714. The summed E-state index contributed by atoms with van der Waals surface area (Å²) in [6.45, 7) is 0. The Hall–Kier alpha value is -2.39. The van der Waals surface area contributed by atoms with Crippen LogP contribution in [-0.4, -0.2) is 18.0 Å². The van der Waals surface area contributed by atoms with Crippen LogP contribution in [0.4, 0.5) is 5.69 Å². The van der Waals surface area contributed by atoms with Gasteiger partial charge in [-0.2, -0.15) is 5.26 Å². The van der Waals surface area contributed by atoms with E-state index in [1.807, 2.05) is 6.07 Å².